The summed E-state index contributed by atoms with van der Waals surface area (Å²) in [5.41, 5.74) is 2.50. The fraction of sp³-hybridized carbons (Fsp3) is 0.571. The number of benzene rings is 1. The summed E-state index contributed by atoms with van der Waals surface area (Å²) in [6.45, 7) is 2.23. The summed E-state index contributed by atoms with van der Waals surface area (Å²) < 4.78 is 0. The molecule has 0 radical (unpaired) electrons. The molecule has 2 rings (SSSR count). The van der Waals surface area contributed by atoms with Crippen LogP contribution in [0.5, 0.6) is 0 Å². The smallest absolute Gasteiger partial charge is 0.0467 e. The Bertz CT molecular complexity index is 401. The highest BCUT2D eigenvalue weighted by Crippen LogP contribution is 2.31. The van der Waals surface area contributed by atoms with Crippen LogP contribution >= 0.6 is 27.5 Å². The van der Waals surface area contributed by atoms with Crippen molar-refractivity contribution < 1.29 is 0 Å². The molecule has 0 unspecified atom stereocenters. The number of hydrogen-bond donors (Lipinski definition) is 0. The van der Waals surface area contributed by atoms with Gasteiger partial charge in [0.25, 0.3) is 0 Å². The zero-order valence-corrected chi connectivity index (χ0v) is 13.3. The number of alkyl halides is 1. The summed E-state index contributed by atoms with van der Waals surface area (Å²) in [5, 5.41) is 1.68. The van der Waals surface area contributed by atoms with Gasteiger partial charge in [-0.2, -0.15) is 0 Å². The average molecular weight is 332 g/mol. The molecule has 1 heterocycles. The van der Waals surface area contributed by atoms with Crippen molar-refractivity contribution in [3.63, 3.8) is 0 Å². The first-order valence-corrected chi connectivity index (χ1v) is 7.88. The van der Waals surface area contributed by atoms with Crippen molar-refractivity contribution in [2.24, 2.45) is 0 Å². The Hall–Kier alpha value is -0.250. The number of hydrogen-bond acceptors (Lipinski definition) is 2. The van der Waals surface area contributed by atoms with E-state index in [4.69, 9.17) is 11.6 Å². The SMILES string of the molecule is CN(C)C1CCN(c2cccc(Cl)c2CBr)CC1. The molecule has 0 aromatic heterocycles. The van der Waals surface area contributed by atoms with E-state index in [2.05, 4.69) is 45.9 Å². The van der Waals surface area contributed by atoms with Crippen LogP contribution in [0.3, 0.4) is 0 Å². The van der Waals surface area contributed by atoms with Gasteiger partial charge in [-0.05, 0) is 39.1 Å². The second kappa shape index (κ2) is 6.27. The molecular weight excluding hydrogens is 312 g/mol. The third-order valence-corrected chi connectivity index (χ3v) is 4.68. The van der Waals surface area contributed by atoms with E-state index in [-0.39, 0.29) is 0 Å². The molecule has 0 N–H and O–H groups in total. The van der Waals surface area contributed by atoms with Crippen LogP contribution in [0.4, 0.5) is 5.69 Å². The number of anilines is 1. The van der Waals surface area contributed by atoms with Crippen molar-refractivity contribution in [2.45, 2.75) is 24.2 Å². The Kier molecular flexibility index (Phi) is 4.93. The van der Waals surface area contributed by atoms with Crippen molar-refractivity contribution in [2.75, 3.05) is 32.1 Å². The molecule has 0 amide bonds. The molecule has 1 aliphatic heterocycles. The van der Waals surface area contributed by atoms with Gasteiger partial charge in [0, 0.05) is 40.7 Å². The van der Waals surface area contributed by atoms with Crippen LogP contribution < -0.4 is 4.90 Å². The van der Waals surface area contributed by atoms with E-state index < -0.39 is 0 Å². The Labute approximate surface area is 123 Å². The Morgan fingerprint density at radius 2 is 2.00 bits per heavy atom. The molecule has 0 atom stereocenters. The molecule has 2 nitrogen and oxygen atoms in total. The van der Waals surface area contributed by atoms with Crippen molar-refractivity contribution >= 4 is 33.2 Å². The summed E-state index contributed by atoms with van der Waals surface area (Å²) in [4.78, 5) is 4.79. The van der Waals surface area contributed by atoms with Crippen LogP contribution in [0.1, 0.15) is 18.4 Å². The summed E-state index contributed by atoms with van der Waals surface area (Å²) >= 11 is 9.80. The van der Waals surface area contributed by atoms with Gasteiger partial charge >= 0.3 is 0 Å². The number of halogens is 2. The zero-order valence-electron chi connectivity index (χ0n) is 11.0. The molecule has 1 aromatic rings. The monoisotopic (exact) mass is 330 g/mol. The Morgan fingerprint density at radius 1 is 1.33 bits per heavy atom. The minimum absolute atomic E-state index is 0.716. The lowest BCUT2D eigenvalue weighted by Crippen LogP contribution is -2.42. The molecule has 1 saturated heterocycles. The van der Waals surface area contributed by atoms with Gasteiger partial charge in [0.05, 0.1) is 0 Å². The molecule has 0 spiro atoms. The maximum absolute atomic E-state index is 6.26. The van der Waals surface area contributed by atoms with Crippen LogP contribution in [0.25, 0.3) is 0 Å². The molecule has 0 aliphatic carbocycles. The van der Waals surface area contributed by atoms with E-state index in [9.17, 15) is 0 Å². The van der Waals surface area contributed by atoms with Gasteiger partial charge < -0.3 is 9.80 Å². The van der Waals surface area contributed by atoms with Gasteiger partial charge in [-0.3, -0.25) is 0 Å². The quantitative estimate of drug-likeness (QED) is 0.778. The standard InChI is InChI=1S/C14H20BrClN2/c1-17(2)11-6-8-18(9-7-11)14-5-3-4-13(16)12(14)10-15/h3-5,11H,6-10H2,1-2H3. The molecule has 1 aromatic carbocycles. The summed E-state index contributed by atoms with van der Waals surface area (Å²) in [5.74, 6) is 0. The van der Waals surface area contributed by atoms with Crippen molar-refractivity contribution in [1.29, 1.82) is 0 Å². The Balaban J connectivity index is 2.12. The predicted octanol–water partition coefficient (Wildman–Crippen LogP) is 3.77. The summed E-state index contributed by atoms with van der Waals surface area (Å²) in [6, 6.07) is 6.90. The second-order valence-electron chi connectivity index (χ2n) is 5.05. The van der Waals surface area contributed by atoms with Crippen molar-refractivity contribution in [1.82, 2.24) is 4.90 Å². The maximum atomic E-state index is 6.26. The molecule has 18 heavy (non-hydrogen) atoms. The van der Waals surface area contributed by atoms with Crippen molar-refractivity contribution in [3.05, 3.63) is 28.8 Å². The average Bonchev–Trinajstić information content (AvgIpc) is 2.38. The highest BCUT2D eigenvalue weighted by Gasteiger charge is 2.22. The van der Waals surface area contributed by atoms with E-state index in [0.717, 1.165) is 23.4 Å². The van der Waals surface area contributed by atoms with Gasteiger partial charge in [0.1, 0.15) is 0 Å². The number of piperidine rings is 1. The lowest BCUT2D eigenvalue weighted by molar-refractivity contribution is 0.249. The molecular formula is C14H20BrClN2. The topological polar surface area (TPSA) is 6.48 Å². The normalized spacial score (nSPS) is 17.5. The summed E-state index contributed by atoms with van der Waals surface area (Å²) in [7, 11) is 4.34. The van der Waals surface area contributed by atoms with Crippen LogP contribution in [-0.2, 0) is 5.33 Å². The third-order valence-electron chi connectivity index (χ3n) is 3.76. The predicted molar refractivity (Wildman–Crippen MR) is 83.0 cm³/mol. The second-order valence-corrected chi connectivity index (χ2v) is 6.02. The molecule has 100 valence electrons. The minimum Gasteiger partial charge on any atom is -0.371 e. The highest BCUT2D eigenvalue weighted by molar-refractivity contribution is 9.08. The highest BCUT2D eigenvalue weighted by atomic mass is 79.9. The molecule has 1 fully saturated rings. The largest absolute Gasteiger partial charge is 0.371 e. The zero-order chi connectivity index (χ0) is 13.1. The first-order valence-electron chi connectivity index (χ1n) is 6.38. The van der Waals surface area contributed by atoms with E-state index >= 15 is 0 Å². The first kappa shape index (κ1) is 14.2. The van der Waals surface area contributed by atoms with Crippen LogP contribution in [-0.4, -0.2) is 38.1 Å². The fourth-order valence-electron chi connectivity index (χ4n) is 2.60. The maximum Gasteiger partial charge on any atom is 0.0467 e. The lowest BCUT2D eigenvalue weighted by Gasteiger charge is -2.37. The lowest BCUT2D eigenvalue weighted by atomic mass is 10.0. The van der Waals surface area contributed by atoms with E-state index in [1.165, 1.54) is 24.1 Å². The molecule has 4 heteroatoms. The van der Waals surface area contributed by atoms with Crippen molar-refractivity contribution in [3.8, 4) is 0 Å². The van der Waals surface area contributed by atoms with E-state index in [1.54, 1.807) is 0 Å². The van der Waals surface area contributed by atoms with E-state index in [0.29, 0.717) is 6.04 Å². The Morgan fingerprint density at radius 3 is 2.56 bits per heavy atom. The van der Waals surface area contributed by atoms with Crippen LogP contribution in [0.15, 0.2) is 18.2 Å². The molecule has 0 saturated carbocycles. The van der Waals surface area contributed by atoms with Crippen LogP contribution in [0, 0.1) is 0 Å². The number of rotatable bonds is 3. The van der Waals surface area contributed by atoms with Gasteiger partial charge in [0.2, 0.25) is 0 Å². The third kappa shape index (κ3) is 3.01. The first-order chi connectivity index (χ1) is 8.63. The van der Waals surface area contributed by atoms with Gasteiger partial charge in [-0.1, -0.05) is 33.6 Å². The summed E-state index contributed by atoms with van der Waals surface area (Å²) in [6.07, 6.45) is 2.45. The minimum atomic E-state index is 0.716. The fourth-order valence-corrected chi connectivity index (χ4v) is 3.59. The van der Waals surface area contributed by atoms with Gasteiger partial charge in [0.15, 0.2) is 0 Å². The van der Waals surface area contributed by atoms with Crippen LogP contribution in [0.2, 0.25) is 5.02 Å². The van der Waals surface area contributed by atoms with E-state index in [1.807, 2.05) is 12.1 Å². The van der Waals surface area contributed by atoms with Gasteiger partial charge in [-0.25, -0.2) is 0 Å². The van der Waals surface area contributed by atoms with Gasteiger partial charge in [-0.15, -0.1) is 0 Å². The number of nitrogens with zero attached hydrogens (tertiary/aromatic N) is 2. The molecule has 0 bridgehead atoms. The molecule has 1 aliphatic rings.